The number of nitrogens with zero attached hydrogens (tertiary/aromatic N) is 2. The molecule has 0 fully saturated rings. The molecule has 0 aliphatic heterocycles. The number of benzene rings is 1. The van der Waals surface area contributed by atoms with Crippen LogP contribution in [0.4, 0.5) is 10.3 Å². The highest BCUT2D eigenvalue weighted by atomic mass is 19.1. The van der Waals surface area contributed by atoms with Crippen molar-refractivity contribution in [1.82, 2.24) is 14.9 Å². The number of carbonyl (C=O) groups is 1. The van der Waals surface area contributed by atoms with Crippen molar-refractivity contribution in [3.63, 3.8) is 0 Å². The van der Waals surface area contributed by atoms with Crippen LogP contribution in [-0.2, 0) is 11.8 Å². The van der Waals surface area contributed by atoms with Crippen molar-refractivity contribution >= 4 is 22.9 Å². The molecule has 0 spiro atoms. The van der Waals surface area contributed by atoms with E-state index in [9.17, 15) is 9.18 Å². The Morgan fingerprint density at radius 3 is 2.95 bits per heavy atom. The van der Waals surface area contributed by atoms with Gasteiger partial charge in [0.15, 0.2) is 0 Å². The van der Waals surface area contributed by atoms with Gasteiger partial charge in [0.05, 0.1) is 11.0 Å². The third kappa shape index (κ3) is 2.73. The number of anilines is 1. The molecule has 1 atom stereocenters. The second kappa shape index (κ2) is 5.36. The topological polar surface area (TPSA) is 59.0 Å². The molecule has 6 heteroatoms. The fraction of sp³-hybridized carbons (Fsp3) is 0.385. The number of hydrogen-bond donors (Lipinski definition) is 2. The first-order chi connectivity index (χ1) is 9.02. The third-order valence-corrected chi connectivity index (χ3v) is 3.04. The van der Waals surface area contributed by atoms with Gasteiger partial charge in [0.2, 0.25) is 11.9 Å². The summed E-state index contributed by atoms with van der Waals surface area (Å²) in [5.74, 6) is -0.199. The number of carbonyl (C=O) groups excluding carboxylic acids is 1. The Kier molecular flexibility index (Phi) is 3.80. The second-order valence-corrected chi connectivity index (χ2v) is 4.58. The number of halogens is 1. The predicted octanol–water partition coefficient (Wildman–Crippen LogP) is 1.51. The molecule has 0 aliphatic carbocycles. The maximum absolute atomic E-state index is 13.1. The Morgan fingerprint density at radius 2 is 2.26 bits per heavy atom. The van der Waals surface area contributed by atoms with Crippen LogP contribution in [0.5, 0.6) is 0 Å². The number of amides is 1. The van der Waals surface area contributed by atoms with Crippen LogP contribution >= 0.6 is 0 Å². The highest BCUT2D eigenvalue weighted by Gasteiger charge is 2.15. The summed E-state index contributed by atoms with van der Waals surface area (Å²) >= 11 is 0. The van der Waals surface area contributed by atoms with Crippen LogP contribution < -0.4 is 10.6 Å². The first-order valence-corrected chi connectivity index (χ1v) is 6.10. The summed E-state index contributed by atoms with van der Waals surface area (Å²) in [4.78, 5) is 16.1. The minimum atomic E-state index is -0.341. The number of aryl methyl sites for hydroxylation is 1. The second-order valence-electron chi connectivity index (χ2n) is 4.58. The van der Waals surface area contributed by atoms with E-state index in [1.165, 1.54) is 12.1 Å². The number of rotatable bonds is 4. The summed E-state index contributed by atoms with van der Waals surface area (Å²) in [7, 11) is 3.58. The Labute approximate surface area is 110 Å². The number of aromatic nitrogens is 2. The molecule has 0 radical (unpaired) electrons. The van der Waals surface area contributed by atoms with Crippen LogP contribution in [0, 0.1) is 11.7 Å². The van der Waals surface area contributed by atoms with E-state index >= 15 is 0 Å². The molecule has 1 amide bonds. The Balaban J connectivity index is 2.26. The molecule has 1 aromatic heterocycles. The molecule has 1 unspecified atom stereocenters. The lowest BCUT2D eigenvalue weighted by Crippen LogP contribution is -2.29. The van der Waals surface area contributed by atoms with Gasteiger partial charge in [0.25, 0.3) is 0 Å². The lowest BCUT2D eigenvalue weighted by molar-refractivity contribution is -0.119. The van der Waals surface area contributed by atoms with Gasteiger partial charge in [-0.1, -0.05) is 6.92 Å². The summed E-state index contributed by atoms with van der Waals surface area (Å²) in [6.45, 7) is 2.42. The number of nitrogens with one attached hydrogen (secondary N) is 2. The molecule has 2 rings (SSSR count). The van der Waals surface area contributed by atoms with E-state index < -0.39 is 0 Å². The smallest absolute Gasteiger partial charge is 0.230 e. The Bertz CT molecular complexity index is 608. The normalized spacial score (nSPS) is 12.6. The molecule has 102 valence electrons. The van der Waals surface area contributed by atoms with Gasteiger partial charge in [0, 0.05) is 25.6 Å². The largest absolute Gasteiger partial charge is 0.319 e. The van der Waals surface area contributed by atoms with E-state index in [-0.39, 0.29) is 17.6 Å². The number of imidazole rings is 1. The van der Waals surface area contributed by atoms with E-state index in [0.29, 0.717) is 18.0 Å². The predicted molar refractivity (Wildman–Crippen MR) is 72.4 cm³/mol. The molecule has 0 saturated heterocycles. The molecule has 0 aliphatic rings. The van der Waals surface area contributed by atoms with Gasteiger partial charge in [-0.3, -0.25) is 10.1 Å². The zero-order valence-electron chi connectivity index (χ0n) is 11.2. The zero-order chi connectivity index (χ0) is 14.0. The molecule has 1 heterocycles. The van der Waals surface area contributed by atoms with Crippen LogP contribution in [0.15, 0.2) is 18.2 Å². The minimum absolute atomic E-state index is 0.117. The summed E-state index contributed by atoms with van der Waals surface area (Å²) in [6.07, 6.45) is 0. The van der Waals surface area contributed by atoms with Crippen LogP contribution in [0.1, 0.15) is 6.92 Å². The molecular weight excluding hydrogens is 247 g/mol. The molecule has 2 N–H and O–H groups in total. The van der Waals surface area contributed by atoms with E-state index in [0.717, 1.165) is 5.52 Å². The van der Waals surface area contributed by atoms with Crippen molar-refractivity contribution in [1.29, 1.82) is 0 Å². The van der Waals surface area contributed by atoms with Crippen molar-refractivity contribution in [3.05, 3.63) is 24.0 Å². The van der Waals surface area contributed by atoms with E-state index in [2.05, 4.69) is 15.6 Å². The van der Waals surface area contributed by atoms with Gasteiger partial charge in [-0.2, -0.15) is 0 Å². The highest BCUT2D eigenvalue weighted by molar-refractivity contribution is 5.93. The maximum atomic E-state index is 13.1. The van der Waals surface area contributed by atoms with Crippen LogP contribution in [-0.4, -0.2) is 29.1 Å². The fourth-order valence-electron chi connectivity index (χ4n) is 1.92. The van der Waals surface area contributed by atoms with Gasteiger partial charge in [-0.05, 0) is 19.2 Å². The number of fused-ring (bicyclic) bond motifs is 1. The third-order valence-electron chi connectivity index (χ3n) is 3.04. The Morgan fingerprint density at radius 1 is 1.53 bits per heavy atom. The van der Waals surface area contributed by atoms with Crippen LogP contribution in [0.3, 0.4) is 0 Å². The lowest BCUT2D eigenvalue weighted by atomic mass is 10.2. The first kappa shape index (κ1) is 13.5. The van der Waals surface area contributed by atoms with E-state index in [4.69, 9.17) is 0 Å². The molecule has 1 aromatic carbocycles. The molecular formula is C13H17FN4O. The molecule has 0 bridgehead atoms. The zero-order valence-corrected chi connectivity index (χ0v) is 11.2. The molecule has 19 heavy (non-hydrogen) atoms. The maximum Gasteiger partial charge on any atom is 0.230 e. The van der Waals surface area contributed by atoms with Crippen molar-refractivity contribution < 1.29 is 9.18 Å². The van der Waals surface area contributed by atoms with Gasteiger partial charge in [-0.15, -0.1) is 0 Å². The van der Waals surface area contributed by atoms with Gasteiger partial charge >= 0.3 is 0 Å². The molecule has 2 aromatic rings. The number of hydrogen-bond acceptors (Lipinski definition) is 3. The minimum Gasteiger partial charge on any atom is -0.319 e. The van der Waals surface area contributed by atoms with Crippen LogP contribution in [0.25, 0.3) is 11.0 Å². The summed E-state index contributed by atoms with van der Waals surface area (Å²) in [5.41, 5.74) is 1.30. The van der Waals surface area contributed by atoms with Gasteiger partial charge < -0.3 is 9.88 Å². The lowest BCUT2D eigenvalue weighted by Gasteiger charge is -2.11. The monoisotopic (exact) mass is 264 g/mol. The first-order valence-electron chi connectivity index (χ1n) is 6.10. The standard InChI is InChI=1S/C13H17FN4O/c1-8(7-15-2)12(19)17-13-16-10-6-9(14)4-5-11(10)18(13)3/h4-6,8,15H,7H2,1-3H3,(H,16,17,19). The molecule has 5 nitrogen and oxygen atoms in total. The average molecular weight is 264 g/mol. The van der Waals surface area contributed by atoms with E-state index in [1.54, 1.807) is 24.7 Å². The average Bonchev–Trinajstić information content (AvgIpc) is 2.66. The highest BCUT2D eigenvalue weighted by Crippen LogP contribution is 2.19. The van der Waals surface area contributed by atoms with Gasteiger partial charge in [0.1, 0.15) is 5.82 Å². The summed E-state index contributed by atoms with van der Waals surface area (Å²) < 4.78 is 14.9. The van der Waals surface area contributed by atoms with Crippen molar-refractivity contribution in [2.24, 2.45) is 13.0 Å². The Hall–Kier alpha value is -1.95. The van der Waals surface area contributed by atoms with Crippen molar-refractivity contribution in [3.8, 4) is 0 Å². The van der Waals surface area contributed by atoms with Crippen molar-refractivity contribution in [2.45, 2.75) is 6.92 Å². The summed E-state index contributed by atoms with van der Waals surface area (Å²) in [6, 6.07) is 4.37. The summed E-state index contributed by atoms with van der Waals surface area (Å²) in [5, 5.41) is 5.70. The van der Waals surface area contributed by atoms with Crippen LogP contribution in [0.2, 0.25) is 0 Å². The van der Waals surface area contributed by atoms with E-state index in [1.807, 2.05) is 6.92 Å². The SMILES string of the molecule is CNCC(C)C(=O)Nc1nc2cc(F)ccc2n1C. The van der Waals surface area contributed by atoms with Crippen molar-refractivity contribution in [2.75, 3.05) is 18.9 Å². The molecule has 0 saturated carbocycles. The van der Waals surface area contributed by atoms with Gasteiger partial charge in [-0.25, -0.2) is 9.37 Å². The fourth-order valence-corrected chi connectivity index (χ4v) is 1.92. The quantitative estimate of drug-likeness (QED) is 0.880.